The summed E-state index contributed by atoms with van der Waals surface area (Å²) in [5, 5.41) is 12.8. The first-order chi connectivity index (χ1) is 8.65. The van der Waals surface area contributed by atoms with Crippen molar-refractivity contribution in [2.75, 3.05) is 0 Å². The zero-order valence-electron chi connectivity index (χ0n) is 9.00. The van der Waals surface area contributed by atoms with Crippen LogP contribution in [0.25, 0.3) is 21.8 Å². The first-order valence-electron chi connectivity index (χ1n) is 5.14. The number of hydrogen-bond acceptors (Lipinski definition) is 4. The van der Waals surface area contributed by atoms with Gasteiger partial charge in [0.05, 0.1) is 22.2 Å². The molecule has 0 atom stereocenters. The van der Waals surface area contributed by atoms with Gasteiger partial charge >= 0.3 is 0 Å². The van der Waals surface area contributed by atoms with Crippen LogP contribution in [0.4, 0.5) is 5.69 Å². The van der Waals surface area contributed by atoms with Gasteiger partial charge in [-0.2, -0.15) is 0 Å². The van der Waals surface area contributed by atoms with Gasteiger partial charge in [0.15, 0.2) is 0 Å². The molecule has 0 saturated heterocycles. The molecular formula is C12H6ClN3O2. The number of nitro groups is 1. The van der Waals surface area contributed by atoms with Crippen molar-refractivity contribution < 1.29 is 4.92 Å². The van der Waals surface area contributed by atoms with Crippen molar-refractivity contribution in [1.29, 1.82) is 0 Å². The van der Waals surface area contributed by atoms with Gasteiger partial charge < -0.3 is 0 Å². The van der Waals surface area contributed by atoms with Crippen molar-refractivity contribution in [1.82, 2.24) is 9.97 Å². The summed E-state index contributed by atoms with van der Waals surface area (Å²) in [6.07, 6.45) is 1.56. The van der Waals surface area contributed by atoms with Crippen LogP contribution in [0.5, 0.6) is 0 Å². The Hall–Kier alpha value is -2.27. The van der Waals surface area contributed by atoms with E-state index in [-0.39, 0.29) is 5.69 Å². The maximum atomic E-state index is 10.7. The first kappa shape index (κ1) is 10.9. The van der Waals surface area contributed by atoms with E-state index < -0.39 is 4.92 Å². The Bertz CT molecular complexity index is 789. The summed E-state index contributed by atoms with van der Waals surface area (Å²) in [6.45, 7) is 0. The third-order valence-electron chi connectivity index (χ3n) is 2.70. The van der Waals surface area contributed by atoms with Crippen LogP contribution in [0.1, 0.15) is 0 Å². The molecule has 18 heavy (non-hydrogen) atoms. The molecule has 0 fully saturated rings. The number of nitrogens with zero attached hydrogens (tertiary/aromatic N) is 3. The molecule has 0 spiro atoms. The minimum atomic E-state index is -0.439. The molecule has 6 heteroatoms. The van der Waals surface area contributed by atoms with Crippen LogP contribution < -0.4 is 0 Å². The lowest BCUT2D eigenvalue weighted by atomic mass is 10.1. The van der Waals surface area contributed by atoms with Crippen LogP contribution in [0.15, 0.2) is 36.5 Å². The topological polar surface area (TPSA) is 68.9 Å². The number of rotatable bonds is 1. The molecule has 3 rings (SSSR count). The molecule has 2 heterocycles. The molecule has 0 aliphatic rings. The lowest BCUT2D eigenvalue weighted by Gasteiger charge is -2.02. The van der Waals surface area contributed by atoms with Gasteiger partial charge in [-0.15, -0.1) is 0 Å². The fourth-order valence-electron chi connectivity index (χ4n) is 1.88. The van der Waals surface area contributed by atoms with Crippen LogP contribution in [0.2, 0.25) is 5.15 Å². The molecule has 3 aromatic rings. The fraction of sp³-hybridized carbons (Fsp3) is 0. The monoisotopic (exact) mass is 259 g/mol. The maximum Gasteiger partial charge on any atom is 0.271 e. The molecule has 0 saturated carbocycles. The summed E-state index contributed by atoms with van der Waals surface area (Å²) >= 11 is 5.81. The Morgan fingerprint density at radius 2 is 1.83 bits per heavy atom. The highest BCUT2D eigenvalue weighted by atomic mass is 35.5. The largest absolute Gasteiger partial charge is 0.271 e. The Labute approximate surface area is 106 Å². The highest BCUT2D eigenvalue weighted by Crippen LogP contribution is 2.26. The smallest absolute Gasteiger partial charge is 0.258 e. The minimum Gasteiger partial charge on any atom is -0.258 e. The molecule has 88 valence electrons. The normalized spacial score (nSPS) is 10.9. The number of pyridine rings is 2. The highest BCUT2D eigenvalue weighted by molar-refractivity contribution is 6.30. The third-order valence-corrected chi connectivity index (χ3v) is 2.91. The van der Waals surface area contributed by atoms with E-state index in [4.69, 9.17) is 11.6 Å². The SMILES string of the molecule is O=[N+]([O-])c1ccc2c(c1)ncc1nc(Cl)ccc12. The van der Waals surface area contributed by atoms with E-state index in [2.05, 4.69) is 9.97 Å². The number of fused-ring (bicyclic) bond motifs is 3. The van der Waals surface area contributed by atoms with E-state index >= 15 is 0 Å². The van der Waals surface area contributed by atoms with Crippen LogP contribution in [0.3, 0.4) is 0 Å². The molecule has 0 bridgehead atoms. The summed E-state index contributed by atoms with van der Waals surface area (Å²) in [5.74, 6) is 0. The van der Waals surface area contributed by atoms with Gasteiger partial charge in [0.1, 0.15) is 5.15 Å². The second-order valence-corrected chi connectivity index (χ2v) is 4.17. The number of aromatic nitrogens is 2. The van der Waals surface area contributed by atoms with Crippen molar-refractivity contribution in [2.45, 2.75) is 0 Å². The van der Waals surface area contributed by atoms with Gasteiger partial charge in [-0.05, 0) is 18.2 Å². The molecule has 1 aromatic carbocycles. The van der Waals surface area contributed by atoms with Crippen molar-refractivity contribution in [3.63, 3.8) is 0 Å². The molecule has 5 nitrogen and oxygen atoms in total. The van der Waals surface area contributed by atoms with E-state index in [1.807, 2.05) is 6.07 Å². The molecule has 0 unspecified atom stereocenters. The molecular weight excluding hydrogens is 254 g/mol. The molecule has 0 aliphatic carbocycles. The Balaban J connectivity index is 2.38. The van der Waals surface area contributed by atoms with Gasteiger partial charge in [0, 0.05) is 22.9 Å². The van der Waals surface area contributed by atoms with Gasteiger partial charge in [0.25, 0.3) is 5.69 Å². The molecule has 0 N–H and O–H groups in total. The van der Waals surface area contributed by atoms with Crippen molar-refractivity contribution >= 4 is 39.1 Å². The van der Waals surface area contributed by atoms with Crippen LogP contribution in [0, 0.1) is 10.1 Å². The number of hydrogen-bond donors (Lipinski definition) is 0. The van der Waals surface area contributed by atoms with Crippen LogP contribution in [-0.4, -0.2) is 14.9 Å². The van der Waals surface area contributed by atoms with Crippen molar-refractivity contribution in [3.8, 4) is 0 Å². The van der Waals surface area contributed by atoms with Gasteiger partial charge in [-0.1, -0.05) is 11.6 Å². The van der Waals surface area contributed by atoms with Crippen LogP contribution in [-0.2, 0) is 0 Å². The number of non-ortho nitro benzene ring substituents is 1. The van der Waals surface area contributed by atoms with E-state index in [1.54, 1.807) is 18.3 Å². The van der Waals surface area contributed by atoms with E-state index in [0.717, 1.165) is 10.8 Å². The zero-order chi connectivity index (χ0) is 12.7. The van der Waals surface area contributed by atoms with E-state index in [1.165, 1.54) is 12.1 Å². The van der Waals surface area contributed by atoms with Gasteiger partial charge in [0.2, 0.25) is 0 Å². The Morgan fingerprint density at radius 1 is 1.11 bits per heavy atom. The molecule has 0 radical (unpaired) electrons. The van der Waals surface area contributed by atoms with E-state index in [9.17, 15) is 10.1 Å². The lowest BCUT2D eigenvalue weighted by Crippen LogP contribution is -1.90. The van der Waals surface area contributed by atoms with Crippen LogP contribution >= 0.6 is 11.6 Å². The average molecular weight is 260 g/mol. The average Bonchev–Trinajstić information content (AvgIpc) is 2.37. The number of benzene rings is 1. The third kappa shape index (κ3) is 1.65. The quantitative estimate of drug-likeness (QED) is 0.291. The van der Waals surface area contributed by atoms with Gasteiger partial charge in [-0.3, -0.25) is 15.1 Å². The number of nitro benzene ring substituents is 1. The second-order valence-electron chi connectivity index (χ2n) is 3.78. The maximum absolute atomic E-state index is 10.7. The fourth-order valence-corrected chi connectivity index (χ4v) is 2.03. The van der Waals surface area contributed by atoms with E-state index in [0.29, 0.717) is 16.2 Å². The zero-order valence-corrected chi connectivity index (χ0v) is 9.76. The summed E-state index contributed by atoms with van der Waals surface area (Å²) in [6, 6.07) is 8.10. The molecule has 0 amide bonds. The van der Waals surface area contributed by atoms with Crippen molar-refractivity contribution in [2.24, 2.45) is 0 Å². The summed E-state index contributed by atoms with van der Waals surface area (Å²) in [4.78, 5) is 18.6. The first-order valence-corrected chi connectivity index (χ1v) is 5.52. The predicted octanol–water partition coefficient (Wildman–Crippen LogP) is 3.34. The second kappa shape index (κ2) is 3.89. The van der Waals surface area contributed by atoms with Crippen molar-refractivity contribution in [3.05, 3.63) is 51.8 Å². The van der Waals surface area contributed by atoms with Gasteiger partial charge in [-0.25, -0.2) is 4.98 Å². The number of halogens is 1. The summed E-state index contributed by atoms with van der Waals surface area (Å²) < 4.78 is 0. The standard InChI is InChI=1S/C12H6ClN3O2/c13-12-4-3-9-8-2-1-7(16(17)18)5-10(8)14-6-11(9)15-12/h1-6H. The Morgan fingerprint density at radius 3 is 2.61 bits per heavy atom. The lowest BCUT2D eigenvalue weighted by molar-refractivity contribution is -0.384. The molecule has 0 aliphatic heterocycles. The highest BCUT2D eigenvalue weighted by Gasteiger charge is 2.09. The predicted molar refractivity (Wildman–Crippen MR) is 68.7 cm³/mol. The summed E-state index contributed by atoms with van der Waals surface area (Å²) in [7, 11) is 0. The molecule has 2 aromatic heterocycles. The Kier molecular flexibility index (Phi) is 2.34. The summed E-state index contributed by atoms with van der Waals surface area (Å²) in [5.41, 5.74) is 1.26. The minimum absolute atomic E-state index is 0.0243.